The summed E-state index contributed by atoms with van der Waals surface area (Å²) in [5.41, 5.74) is 0.758. The fraction of sp³-hybridized carbons (Fsp3) is 0.375. The number of hydrogen-bond acceptors (Lipinski definition) is 1. The molecule has 0 aliphatic rings. The molecule has 0 unspecified atom stereocenters. The topological polar surface area (TPSA) is 22.0 Å². The zero-order chi connectivity index (χ0) is 9.14. The Hall–Kier alpha value is -0.280. The third kappa shape index (κ3) is 2.11. The van der Waals surface area contributed by atoms with Crippen LogP contribution in [0.2, 0.25) is 0 Å². The van der Waals surface area contributed by atoms with Gasteiger partial charge in [0.25, 0.3) is 5.56 Å². The first-order valence-electron chi connectivity index (χ1n) is 3.57. The second-order valence-corrected chi connectivity index (χ2v) is 3.82. The summed E-state index contributed by atoms with van der Waals surface area (Å²) in [6, 6.07) is 1.80. The number of rotatable bonds is 2. The van der Waals surface area contributed by atoms with E-state index in [9.17, 15) is 4.79 Å². The SMILES string of the molecule is Cc1cc(Br)cn(CCCl)c1=O. The van der Waals surface area contributed by atoms with Gasteiger partial charge in [0.2, 0.25) is 0 Å². The van der Waals surface area contributed by atoms with Crippen LogP contribution in [0.1, 0.15) is 5.56 Å². The molecule has 0 saturated carbocycles. The van der Waals surface area contributed by atoms with E-state index >= 15 is 0 Å². The van der Waals surface area contributed by atoms with E-state index in [2.05, 4.69) is 15.9 Å². The molecule has 2 nitrogen and oxygen atoms in total. The molecule has 0 bridgehead atoms. The lowest BCUT2D eigenvalue weighted by Crippen LogP contribution is -2.22. The Labute approximate surface area is 84.3 Å². The van der Waals surface area contributed by atoms with Crippen LogP contribution in [0.4, 0.5) is 0 Å². The van der Waals surface area contributed by atoms with E-state index in [-0.39, 0.29) is 5.56 Å². The monoisotopic (exact) mass is 249 g/mol. The summed E-state index contributed by atoms with van der Waals surface area (Å²) in [6.07, 6.45) is 1.75. The van der Waals surface area contributed by atoms with Gasteiger partial charge in [-0.2, -0.15) is 0 Å². The standard InChI is InChI=1S/C8H9BrClNO/c1-6-4-7(9)5-11(3-2-10)8(6)12/h4-5H,2-3H2,1H3. The van der Waals surface area contributed by atoms with Gasteiger partial charge in [0.15, 0.2) is 0 Å². The Morgan fingerprint density at radius 3 is 2.92 bits per heavy atom. The van der Waals surface area contributed by atoms with E-state index in [4.69, 9.17) is 11.6 Å². The largest absolute Gasteiger partial charge is 0.313 e. The van der Waals surface area contributed by atoms with Crippen molar-refractivity contribution in [3.63, 3.8) is 0 Å². The molecule has 12 heavy (non-hydrogen) atoms. The molecule has 66 valence electrons. The molecule has 4 heteroatoms. The highest BCUT2D eigenvalue weighted by molar-refractivity contribution is 9.10. The maximum absolute atomic E-state index is 11.4. The Morgan fingerprint density at radius 1 is 1.67 bits per heavy atom. The van der Waals surface area contributed by atoms with Crippen LogP contribution in [-0.4, -0.2) is 10.4 Å². The first-order chi connectivity index (χ1) is 5.65. The summed E-state index contributed by atoms with van der Waals surface area (Å²) in [5, 5.41) is 0. The Kier molecular flexibility index (Phi) is 3.35. The first kappa shape index (κ1) is 9.81. The van der Waals surface area contributed by atoms with E-state index in [0.29, 0.717) is 12.4 Å². The summed E-state index contributed by atoms with van der Waals surface area (Å²) >= 11 is 8.85. The van der Waals surface area contributed by atoms with E-state index in [1.54, 1.807) is 23.8 Å². The van der Waals surface area contributed by atoms with E-state index in [0.717, 1.165) is 10.0 Å². The van der Waals surface area contributed by atoms with Gasteiger partial charge < -0.3 is 4.57 Å². The molecule has 0 N–H and O–H groups in total. The van der Waals surface area contributed by atoms with E-state index in [1.165, 1.54) is 0 Å². The minimum atomic E-state index is 0.0267. The van der Waals surface area contributed by atoms with Crippen molar-refractivity contribution in [2.24, 2.45) is 0 Å². The summed E-state index contributed by atoms with van der Waals surface area (Å²) in [7, 11) is 0. The highest BCUT2D eigenvalue weighted by Gasteiger charge is 2.00. The molecule has 0 aromatic carbocycles. The molecule has 0 spiro atoms. The average molecular weight is 251 g/mol. The Balaban J connectivity index is 3.19. The average Bonchev–Trinajstić information content (AvgIpc) is 2.00. The number of aromatic nitrogens is 1. The molecule has 0 saturated heterocycles. The van der Waals surface area contributed by atoms with Gasteiger partial charge in [0.1, 0.15) is 0 Å². The number of alkyl halides is 1. The zero-order valence-electron chi connectivity index (χ0n) is 6.68. The normalized spacial score (nSPS) is 10.2. The number of pyridine rings is 1. The lowest BCUT2D eigenvalue weighted by Gasteiger charge is -2.04. The summed E-state index contributed by atoms with van der Waals surface area (Å²) in [5.74, 6) is 0.454. The molecule has 0 aliphatic heterocycles. The van der Waals surface area contributed by atoms with Gasteiger partial charge >= 0.3 is 0 Å². The van der Waals surface area contributed by atoms with Crippen molar-refractivity contribution in [1.29, 1.82) is 0 Å². The Bertz CT molecular complexity index is 334. The summed E-state index contributed by atoms with van der Waals surface area (Å²) < 4.78 is 2.51. The molecule has 0 fully saturated rings. The molecule has 0 aliphatic carbocycles. The molecular formula is C8H9BrClNO. The van der Waals surface area contributed by atoms with Gasteiger partial charge in [-0.15, -0.1) is 11.6 Å². The Morgan fingerprint density at radius 2 is 2.33 bits per heavy atom. The van der Waals surface area contributed by atoms with Crippen molar-refractivity contribution in [2.75, 3.05) is 5.88 Å². The zero-order valence-corrected chi connectivity index (χ0v) is 9.02. The maximum atomic E-state index is 11.4. The van der Waals surface area contributed by atoms with Crippen LogP contribution in [0.15, 0.2) is 21.5 Å². The van der Waals surface area contributed by atoms with Crippen molar-refractivity contribution < 1.29 is 0 Å². The van der Waals surface area contributed by atoms with Crippen LogP contribution in [-0.2, 0) is 6.54 Å². The van der Waals surface area contributed by atoms with Gasteiger partial charge in [-0.3, -0.25) is 4.79 Å². The lowest BCUT2D eigenvalue weighted by atomic mass is 10.3. The van der Waals surface area contributed by atoms with Gasteiger partial charge in [-0.1, -0.05) is 0 Å². The van der Waals surface area contributed by atoms with Crippen LogP contribution in [0, 0.1) is 6.92 Å². The predicted octanol–water partition coefficient (Wildman–Crippen LogP) is 2.16. The third-order valence-corrected chi connectivity index (χ3v) is 2.16. The van der Waals surface area contributed by atoms with Crippen molar-refractivity contribution in [3.05, 3.63) is 32.7 Å². The number of halogens is 2. The minimum Gasteiger partial charge on any atom is -0.313 e. The minimum absolute atomic E-state index is 0.0267. The molecule has 0 radical (unpaired) electrons. The first-order valence-corrected chi connectivity index (χ1v) is 4.90. The van der Waals surface area contributed by atoms with Crippen LogP contribution < -0.4 is 5.56 Å². The number of aryl methyl sites for hydroxylation is 2. The highest BCUT2D eigenvalue weighted by Crippen LogP contribution is 2.07. The van der Waals surface area contributed by atoms with Gasteiger partial charge in [-0.05, 0) is 28.9 Å². The fourth-order valence-electron chi connectivity index (χ4n) is 0.997. The van der Waals surface area contributed by atoms with Crippen LogP contribution in [0.5, 0.6) is 0 Å². The molecule has 0 amide bonds. The summed E-state index contributed by atoms with van der Waals surface area (Å²) in [4.78, 5) is 11.4. The van der Waals surface area contributed by atoms with Crippen molar-refractivity contribution in [3.8, 4) is 0 Å². The number of nitrogens with zero attached hydrogens (tertiary/aromatic N) is 1. The van der Waals surface area contributed by atoms with Crippen LogP contribution in [0.25, 0.3) is 0 Å². The second-order valence-electron chi connectivity index (χ2n) is 2.53. The van der Waals surface area contributed by atoms with Crippen LogP contribution in [0.3, 0.4) is 0 Å². The van der Waals surface area contributed by atoms with Crippen molar-refractivity contribution in [1.82, 2.24) is 4.57 Å². The molecule has 1 heterocycles. The molecule has 1 aromatic heterocycles. The van der Waals surface area contributed by atoms with E-state index in [1.807, 2.05) is 0 Å². The van der Waals surface area contributed by atoms with Crippen LogP contribution >= 0.6 is 27.5 Å². The van der Waals surface area contributed by atoms with Crippen molar-refractivity contribution in [2.45, 2.75) is 13.5 Å². The molecule has 0 atom stereocenters. The van der Waals surface area contributed by atoms with Crippen molar-refractivity contribution >= 4 is 27.5 Å². The molecule has 1 rings (SSSR count). The highest BCUT2D eigenvalue weighted by atomic mass is 79.9. The number of hydrogen-bond donors (Lipinski definition) is 0. The lowest BCUT2D eigenvalue weighted by molar-refractivity contribution is 0.723. The fourth-order valence-corrected chi connectivity index (χ4v) is 1.77. The second kappa shape index (κ2) is 4.10. The summed E-state index contributed by atoms with van der Waals surface area (Å²) in [6.45, 7) is 2.35. The predicted molar refractivity (Wildman–Crippen MR) is 53.9 cm³/mol. The van der Waals surface area contributed by atoms with E-state index < -0.39 is 0 Å². The quantitative estimate of drug-likeness (QED) is 0.737. The van der Waals surface area contributed by atoms with Gasteiger partial charge in [-0.25, -0.2) is 0 Å². The molecular weight excluding hydrogens is 241 g/mol. The maximum Gasteiger partial charge on any atom is 0.253 e. The smallest absolute Gasteiger partial charge is 0.253 e. The van der Waals surface area contributed by atoms with Gasteiger partial charge in [0, 0.05) is 28.7 Å². The van der Waals surface area contributed by atoms with Gasteiger partial charge in [0.05, 0.1) is 0 Å². The third-order valence-electron chi connectivity index (χ3n) is 1.56. The molecule has 1 aromatic rings.